The number of carbonyl (C=O) groups excluding carboxylic acids is 2. The van der Waals surface area contributed by atoms with Crippen molar-refractivity contribution in [3.63, 3.8) is 0 Å². The number of unbranched alkanes of at least 4 members (excludes halogenated alkanes) is 12. The lowest BCUT2D eigenvalue weighted by atomic mass is 10.1. The molecule has 0 aromatic rings. The summed E-state index contributed by atoms with van der Waals surface area (Å²) >= 11 is 0. The van der Waals surface area contributed by atoms with Crippen LogP contribution in [0.5, 0.6) is 0 Å². The normalized spacial score (nSPS) is 10.7. The molecule has 23 heavy (non-hydrogen) atoms. The summed E-state index contributed by atoms with van der Waals surface area (Å²) in [6, 6.07) is 0. The molecular formula is C20H39NO2. The van der Waals surface area contributed by atoms with Crippen molar-refractivity contribution in [2.24, 2.45) is 0 Å². The highest BCUT2D eigenvalue weighted by atomic mass is 16.2. The van der Waals surface area contributed by atoms with Crippen LogP contribution in [0.2, 0.25) is 0 Å². The molecule has 2 amide bonds. The van der Waals surface area contributed by atoms with E-state index >= 15 is 0 Å². The fraction of sp³-hybridized carbons (Fsp3) is 0.900. The largest absolute Gasteiger partial charge is 0.296 e. The van der Waals surface area contributed by atoms with Gasteiger partial charge in [0.2, 0.25) is 11.8 Å². The fourth-order valence-corrected chi connectivity index (χ4v) is 2.77. The van der Waals surface area contributed by atoms with E-state index in [2.05, 4.69) is 19.2 Å². The van der Waals surface area contributed by atoms with E-state index in [-0.39, 0.29) is 11.8 Å². The van der Waals surface area contributed by atoms with Gasteiger partial charge in [-0.15, -0.1) is 0 Å². The first-order valence-corrected chi connectivity index (χ1v) is 10.0. The summed E-state index contributed by atoms with van der Waals surface area (Å²) in [4.78, 5) is 23.3. The van der Waals surface area contributed by atoms with Crippen molar-refractivity contribution in [1.82, 2.24) is 5.32 Å². The van der Waals surface area contributed by atoms with Crippen molar-refractivity contribution < 1.29 is 9.59 Å². The van der Waals surface area contributed by atoms with Crippen LogP contribution in [0.1, 0.15) is 117 Å². The van der Waals surface area contributed by atoms with Gasteiger partial charge in [-0.2, -0.15) is 0 Å². The lowest BCUT2D eigenvalue weighted by Gasteiger charge is -2.05. The second-order valence-corrected chi connectivity index (χ2v) is 6.71. The summed E-state index contributed by atoms with van der Waals surface area (Å²) in [5, 5.41) is 2.52. The second-order valence-electron chi connectivity index (χ2n) is 6.71. The molecule has 0 fully saturated rings. The maximum Gasteiger partial charge on any atom is 0.226 e. The molecule has 0 spiro atoms. The molecule has 136 valence electrons. The molecule has 0 bridgehead atoms. The van der Waals surface area contributed by atoms with Crippen molar-refractivity contribution in [3.8, 4) is 0 Å². The maximum absolute atomic E-state index is 11.7. The van der Waals surface area contributed by atoms with Gasteiger partial charge in [0.25, 0.3) is 0 Å². The first-order chi connectivity index (χ1) is 11.2. The van der Waals surface area contributed by atoms with Crippen molar-refractivity contribution in [3.05, 3.63) is 0 Å². The number of imide groups is 1. The van der Waals surface area contributed by atoms with Crippen LogP contribution in [-0.4, -0.2) is 11.8 Å². The SMILES string of the molecule is CCCCCCCCCC(=O)NC(=O)CCCCCCCCC. The van der Waals surface area contributed by atoms with Gasteiger partial charge < -0.3 is 0 Å². The molecule has 3 heteroatoms. The molecule has 0 rings (SSSR count). The van der Waals surface area contributed by atoms with Crippen LogP contribution >= 0.6 is 0 Å². The standard InChI is InChI=1S/C20H39NO2/c1-3-5-7-9-11-13-15-17-19(22)21-20(23)18-16-14-12-10-8-6-4-2/h3-18H2,1-2H3,(H,21,22,23). The number of hydrogen-bond donors (Lipinski definition) is 1. The predicted octanol–water partition coefficient (Wildman–Crippen LogP) is 5.91. The Labute approximate surface area is 144 Å². The van der Waals surface area contributed by atoms with Gasteiger partial charge in [0.05, 0.1) is 0 Å². The summed E-state index contributed by atoms with van der Waals surface area (Å²) in [6.07, 6.45) is 17.7. The molecular weight excluding hydrogens is 286 g/mol. The molecule has 3 nitrogen and oxygen atoms in total. The number of amides is 2. The molecule has 0 aliphatic rings. The summed E-state index contributed by atoms with van der Waals surface area (Å²) in [5.74, 6) is -0.182. The number of nitrogens with one attached hydrogen (secondary N) is 1. The van der Waals surface area contributed by atoms with Gasteiger partial charge >= 0.3 is 0 Å². The zero-order chi connectivity index (χ0) is 17.2. The molecule has 0 saturated heterocycles. The highest BCUT2D eigenvalue weighted by molar-refractivity contribution is 5.95. The molecule has 1 N–H and O–H groups in total. The first kappa shape index (κ1) is 22.1. The number of carbonyl (C=O) groups is 2. The lowest BCUT2D eigenvalue weighted by Crippen LogP contribution is -2.29. The molecule has 0 unspecified atom stereocenters. The van der Waals surface area contributed by atoms with Crippen molar-refractivity contribution >= 4 is 11.8 Å². The summed E-state index contributed by atoms with van der Waals surface area (Å²) in [5.41, 5.74) is 0. The highest BCUT2D eigenvalue weighted by Gasteiger charge is 2.07. The number of hydrogen-bond acceptors (Lipinski definition) is 2. The minimum atomic E-state index is -0.0912. The summed E-state index contributed by atoms with van der Waals surface area (Å²) < 4.78 is 0. The molecule has 0 aromatic heterocycles. The summed E-state index contributed by atoms with van der Waals surface area (Å²) in [6.45, 7) is 4.43. The Morgan fingerprint density at radius 3 is 1.17 bits per heavy atom. The van der Waals surface area contributed by atoms with E-state index in [0.717, 1.165) is 25.7 Å². The highest BCUT2D eigenvalue weighted by Crippen LogP contribution is 2.09. The zero-order valence-corrected chi connectivity index (χ0v) is 15.6. The van der Waals surface area contributed by atoms with Gasteiger partial charge in [-0.3, -0.25) is 14.9 Å². The van der Waals surface area contributed by atoms with E-state index in [9.17, 15) is 9.59 Å². The van der Waals surface area contributed by atoms with Gasteiger partial charge in [-0.25, -0.2) is 0 Å². The van der Waals surface area contributed by atoms with Crippen LogP contribution in [0.25, 0.3) is 0 Å². The van der Waals surface area contributed by atoms with Gasteiger partial charge in [-0.1, -0.05) is 90.9 Å². The maximum atomic E-state index is 11.7. The second kappa shape index (κ2) is 17.5. The van der Waals surface area contributed by atoms with Crippen LogP contribution in [0.4, 0.5) is 0 Å². The Morgan fingerprint density at radius 1 is 0.522 bits per heavy atom. The third-order valence-corrected chi connectivity index (χ3v) is 4.29. The van der Waals surface area contributed by atoms with E-state index in [4.69, 9.17) is 0 Å². The van der Waals surface area contributed by atoms with Crippen LogP contribution in [-0.2, 0) is 9.59 Å². The molecule has 0 atom stereocenters. The van der Waals surface area contributed by atoms with E-state index in [1.807, 2.05) is 0 Å². The summed E-state index contributed by atoms with van der Waals surface area (Å²) in [7, 11) is 0. The van der Waals surface area contributed by atoms with Gasteiger partial charge in [0, 0.05) is 12.8 Å². The van der Waals surface area contributed by atoms with Crippen molar-refractivity contribution in [2.45, 2.75) is 117 Å². The lowest BCUT2D eigenvalue weighted by molar-refractivity contribution is -0.130. The Morgan fingerprint density at radius 2 is 0.826 bits per heavy atom. The quantitative estimate of drug-likeness (QED) is 0.358. The minimum absolute atomic E-state index is 0.0912. The average Bonchev–Trinajstić information content (AvgIpc) is 2.53. The molecule has 0 aliphatic heterocycles. The molecule has 0 radical (unpaired) electrons. The molecule has 0 aromatic carbocycles. The topological polar surface area (TPSA) is 46.2 Å². The van der Waals surface area contributed by atoms with Crippen LogP contribution in [0.15, 0.2) is 0 Å². The number of rotatable bonds is 16. The van der Waals surface area contributed by atoms with Gasteiger partial charge in [0.1, 0.15) is 0 Å². The predicted molar refractivity (Wildman–Crippen MR) is 98.4 cm³/mol. The fourth-order valence-electron chi connectivity index (χ4n) is 2.77. The molecule has 0 saturated carbocycles. The van der Waals surface area contributed by atoms with E-state index in [0.29, 0.717) is 12.8 Å². The smallest absolute Gasteiger partial charge is 0.226 e. The Balaban J connectivity index is 3.36. The third kappa shape index (κ3) is 17.3. The van der Waals surface area contributed by atoms with Gasteiger partial charge in [-0.05, 0) is 12.8 Å². The monoisotopic (exact) mass is 325 g/mol. The van der Waals surface area contributed by atoms with E-state index < -0.39 is 0 Å². The van der Waals surface area contributed by atoms with Crippen molar-refractivity contribution in [1.29, 1.82) is 0 Å². The molecule has 0 heterocycles. The minimum Gasteiger partial charge on any atom is -0.296 e. The first-order valence-electron chi connectivity index (χ1n) is 10.0. The zero-order valence-electron chi connectivity index (χ0n) is 15.6. The van der Waals surface area contributed by atoms with E-state index in [1.54, 1.807) is 0 Å². The van der Waals surface area contributed by atoms with Crippen LogP contribution in [0.3, 0.4) is 0 Å². The third-order valence-electron chi connectivity index (χ3n) is 4.29. The van der Waals surface area contributed by atoms with E-state index in [1.165, 1.54) is 64.2 Å². The van der Waals surface area contributed by atoms with Crippen molar-refractivity contribution in [2.75, 3.05) is 0 Å². The average molecular weight is 326 g/mol. The van der Waals surface area contributed by atoms with Crippen LogP contribution in [0, 0.1) is 0 Å². The van der Waals surface area contributed by atoms with Gasteiger partial charge in [0.15, 0.2) is 0 Å². The Bertz CT molecular complexity index is 261. The Hall–Kier alpha value is -0.860. The molecule has 0 aliphatic carbocycles. The van der Waals surface area contributed by atoms with Crippen LogP contribution < -0.4 is 5.32 Å². The Kier molecular flexibility index (Phi) is 16.8.